The smallest absolute Gasteiger partial charge is 0.0674 e. The molecule has 18 heavy (non-hydrogen) atoms. The van der Waals surface area contributed by atoms with Crippen LogP contribution in [0.25, 0.3) is 0 Å². The van der Waals surface area contributed by atoms with Crippen molar-refractivity contribution in [2.24, 2.45) is 5.73 Å². The highest BCUT2D eigenvalue weighted by Crippen LogP contribution is 2.29. The molecule has 0 aromatic heterocycles. The third-order valence-corrected chi connectivity index (χ3v) is 4.80. The van der Waals surface area contributed by atoms with Crippen molar-refractivity contribution in [3.63, 3.8) is 0 Å². The van der Waals surface area contributed by atoms with Gasteiger partial charge in [-0.25, -0.2) is 0 Å². The Hall–Kier alpha value is -0.120. The average molecular weight is 254 g/mol. The molecule has 2 aliphatic rings. The van der Waals surface area contributed by atoms with Crippen LogP contribution in [0.2, 0.25) is 0 Å². The molecule has 0 aromatic carbocycles. The molecule has 2 fully saturated rings. The van der Waals surface area contributed by atoms with Crippen LogP contribution in [0.5, 0.6) is 0 Å². The second kappa shape index (κ2) is 6.36. The van der Waals surface area contributed by atoms with Crippen LogP contribution in [-0.2, 0) is 4.74 Å². The molecule has 1 aliphatic heterocycles. The lowest BCUT2D eigenvalue weighted by Gasteiger charge is -2.41. The summed E-state index contributed by atoms with van der Waals surface area (Å²) in [6, 6.07) is 0.605. The predicted octanol–water partition coefficient (Wildman–Crippen LogP) is 2.54. The van der Waals surface area contributed by atoms with E-state index >= 15 is 0 Å². The van der Waals surface area contributed by atoms with Crippen LogP contribution in [0.15, 0.2) is 0 Å². The maximum atomic E-state index is 6.54. The first-order valence-corrected chi connectivity index (χ1v) is 7.77. The lowest BCUT2D eigenvalue weighted by atomic mass is 9.80. The Morgan fingerprint density at radius 2 is 2.00 bits per heavy atom. The number of nitrogens with zero attached hydrogens (tertiary/aromatic N) is 1. The zero-order chi connectivity index (χ0) is 13.0. The molecule has 1 saturated heterocycles. The van der Waals surface area contributed by atoms with E-state index in [-0.39, 0.29) is 5.54 Å². The molecule has 3 nitrogen and oxygen atoms in total. The summed E-state index contributed by atoms with van der Waals surface area (Å²) in [6.45, 7) is 7.57. The first-order chi connectivity index (χ1) is 8.63. The molecule has 0 spiro atoms. The minimum absolute atomic E-state index is 0.123. The maximum Gasteiger partial charge on any atom is 0.0674 e. The minimum atomic E-state index is 0.123. The molecule has 1 aliphatic carbocycles. The Bertz CT molecular complexity index is 251. The summed E-state index contributed by atoms with van der Waals surface area (Å²) in [5, 5.41) is 0. The third kappa shape index (κ3) is 3.69. The van der Waals surface area contributed by atoms with Gasteiger partial charge in [-0.05, 0) is 32.6 Å². The predicted molar refractivity (Wildman–Crippen MR) is 75.7 cm³/mol. The van der Waals surface area contributed by atoms with Crippen LogP contribution in [0, 0.1) is 0 Å². The fourth-order valence-corrected chi connectivity index (χ4v) is 3.43. The van der Waals surface area contributed by atoms with E-state index in [9.17, 15) is 0 Å². The Balaban J connectivity index is 1.83. The first-order valence-electron chi connectivity index (χ1n) is 7.77. The summed E-state index contributed by atoms with van der Waals surface area (Å²) in [6.07, 6.45) is 9.22. The van der Waals surface area contributed by atoms with Crippen LogP contribution < -0.4 is 5.73 Å². The highest BCUT2D eigenvalue weighted by molar-refractivity contribution is 4.89. The molecule has 3 heteroatoms. The van der Waals surface area contributed by atoms with E-state index in [0.717, 1.165) is 26.1 Å². The number of rotatable bonds is 4. The van der Waals surface area contributed by atoms with Crippen molar-refractivity contribution in [1.82, 2.24) is 4.90 Å². The lowest BCUT2D eigenvalue weighted by molar-refractivity contribution is -0.0581. The zero-order valence-corrected chi connectivity index (χ0v) is 12.2. The van der Waals surface area contributed by atoms with Crippen LogP contribution in [-0.4, -0.2) is 42.3 Å². The van der Waals surface area contributed by atoms with Crippen LogP contribution in [0.3, 0.4) is 0 Å². The Kier molecular flexibility index (Phi) is 5.05. The Labute approximate surface area is 112 Å². The summed E-state index contributed by atoms with van der Waals surface area (Å²) in [4.78, 5) is 2.61. The van der Waals surface area contributed by atoms with E-state index in [1.54, 1.807) is 0 Å². The third-order valence-electron chi connectivity index (χ3n) is 4.80. The Morgan fingerprint density at radius 3 is 2.67 bits per heavy atom. The SMILES string of the molecule is CCC1COC(C)CN1CCC1(N)CCCCC1. The number of hydrogen-bond donors (Lipinski definition) is 1. The van der Waals surface area contributed by atoms with Crippen molar-refractivity contribution >= 4 is 0 Å². The molecule has 1 heterocycles. The molecule has 2 atom stereocenters. The van der Waals surface area contributed by atoms with E-state index in [2.05, 4.69) is 18.7 Å². The highest BCUT2D eigenvalue weighted by atomic mass is 16.5. The number of morpholine rings is 1. The van der Waals surface area contributed by atoms with Crippen molar-refractivity contribution < 1.29 is 4.74 Å². The van der Waals surface area contributed by atoms with Crippen LogP contribution in [0.4, 0.5) is 0 Å². The Morgan fingerprint density at radius 1 is 1.28 bits per heavy atom. The lowest BCUT2D eigenvalue weighted by Crippen LogP contribution is -2.51. The second-order valence-corrected chi connectivity index (χ2v) is 6.37. The number of hydrogen-bond acceptors (Lipinski definition) is 3. The van der Waals surface area contributed by atoms with Gasteiger partial charge in [0.25, 0.3) is 0 Å². The van der Waals surface area contributed by atoms with Gasteiger partial charge in [-0.15, -0.1) is 0 Å². The normalized spacial score (nSPS) is 33.5. The standard InChI is InChI=1S/C15H30N2O/c1-3-14-12-18-13(2)11-17(14)10-9-15(16)7-5-4-6-8-15/h13-14H,3-12,16H2,1-2H3. The average Bonchev–Trinajstić information content (AvgIpc) is 2.38. The summed E-state index contributed by atoms with van der Waals surface area (Å²) < 4.78 is 5.76. The van der Waals surface area contributed by atoms with Gasteiger partial charge in [0, 0.05) is 24.7 Å². The van der Waals surface area contributed by atoms with E-state index in [0.29, 0.717) is 12.1 Å². The van der Waals surface area contributed by atoms with Gasteiger partial charge in [0.05, 0.1) is 12.7 Å². The summed E-state index contributed by atoms with van der Waals surface area (Å²) >= 11 is 0. The van der Waals surface area contributed by atoms with E-state index in [1.165, 1.54) is 38.5 Å². The molecular weight excluding hydrogens is 224 g/mol. The molecule has 0 amide bonds. The summed E-state index contributed by atoms with van der Waals surface area (Å²) in [7, 11) is 0. The second-order valence-electron chi connectivity index (χ2n) is 6.37. The van der Waals surface area contributed by atoms with E-state index in [4.69, 9.17) is 10.5 Å². The largest absolute Gasteiger partial charge is 0.376 e. The maximum absolute atomic E-state index is 6.54. The fraction of sp³-hybridized carbons (Fsp3) is 1.00. The van der Waals surface area contributed by atoms with Gasteiger partial charge in [-0.1, -0.05) is 26.2 Å². The van der Waals surface area contributed by atoms with Crippen LogP contribution >= 0.6 is 0 Å². The van der Waals surface area contributed by atoms with Crippen molar-refractivity contribution in [2.45, 2.75) is 76.5 Å². The number of ether oxygens (including phenoxy) is 1. The van der Waals surface area contributed by atoms with Crippen molar-refractivity contribution in [2.75, 3.05) is 19.7 Å². The molecule has 0 bridgehead atoms. The van der Waals surface area contributed by atoms with E-state index < -0.39 is 0 Å². The van der Waals surface area contributed by atoms with Gasteiger partial charge in [-0.3, -0.25) is 4.90 Å². The van der Waals surface area contributed by atoms with Crippen LogP contribution in [0.1, 0.15) is 58.8 Å². The first kappa shape index (κ1) is 14.3. The molecule has 106 valence electrons. The van der Waals surface area contributed by atoms with Crippen molar-refractivity contribution in [1.29, 1.82) is 0 Å². The van der Waals surface area contributed by atoms with Crippen molar-refractivity contribution in [3.8, 4) is 0 Å². The molecule has 0 aromatic rings. The van der Waals surface area contributed by atoms with Gasteiger partial charge in [0.15, 0.2) is 0 Å². The monoisotopic (exact) mass is 254 g/mol. The number of nitrogens with two attached hydrogens (primary N) is 1. The van der Waals surface area contributed by atoms with Gasteiger partial charge in [0.1, 0.15) is 0 Å². The molecular formula is C15H30N2O. The van der Waals surface area contributed by atoms with Gasteiger partial charge >= 0.3 is 0 Å². The van der Waals surface area contributed by atoms with Gasteiger partial charge in [0.2, 0.25) is 0 Å². The minimum Gasteiger partial charge on any atom is -0.376 e. The fourth-order valence-electron chi connectivity index (χ4n) is 3.43. The molecule has 2 rings (SSSR count). The summed E-state index contributed by atoms with van der Waals surface area (Å²) in [5.74, 6) is 0. The van der Waals surface area contributed by atoms with E-state index in [1.807, 2.05) is 0 Å². The molecule has 2 unspecified atom stereocenters. The highest BCUT2D eigenvalue weighted by Gasteiger charge is 2.30. The summed E-state index contributed by atoms with van der Waals surface area (Å²) in [5.41, 5.74) is 6.66. The molecule has 2 N–H and O–H groups in total. The molecule has 0 radical (unpaired) electrons. The van der Waals surface area contributed by atoms with Gasteiger partial charge in [-0.2, -0.15) is 0 Å². The van der Waals surface area contributed by atoms with Gasteiger partial charge < -0.3 is 10.5 Å². The topological polar surface area (TPSA) is 38.5 Å². The molecule has 1 saturated carbocycles. The quantitative estimate of drug-likeness (QED) is 0.838. The zero-order valence-electron chi connectivity index (χ0n) is 12.2. The van der Waals surface area contributed by atoms with Crippen molar-refractivity contribution in [3.05, 3.63) is 0 Å².